The number of piperazine rings is 1. The first kappa shape index (κ1) is 23.1. The van der Waals surface area contributed by atoms with E-state index in [0.717, 1.165) is 21.3 Å². The maximum Gasteiger partial charge on any atom is 0.321 e. The van der Waals surface area contributed by atoms with Crippen LogP contribution >= 0.6 is 11.3 Å². The van der Waals surface area contributed by atoms with Crippen molar-refractivity contribution in [1.29, 1.82) is 0 Å². The van der Waals surface area contributed by atoms with E-state index in [1.54, 1.807) is 16.6 Å². The molecule has 0 radical (unpaired) electrons. The van der Waals surface area contributed by atoms with Gasteiger partial charge < -0.3 is 10.2 Å². The number of imidazole rings is 1. The normalized spacial score (nSPS) is 16.1. The fraction of sp³-hybridized carbons (Fsp3) is 0.455. The Bertz CT molecular complexity index is 1110. The zero-order chi connectivity index (χ0) is 23.8. The molecule has 11 heteroatoms. The van der Waals surface area contributed by atoms with Crippen LogP contribution in [0, 0.1) is 5.82 Å². The van der Waals surface area contributed by atoms with Gasteiger partial charge in [-0.2, -0.15) is 0 Å². The molecule has 0 saturated carbocycles. The van der Waals surface area contributed by atoms with Gasteiger partial charge in [-0.05, 0) is 52.0 Å². The summed E-state index contributed by atoms with van der Waals surface area (Å²) in [5.74, 6) is -0.592. The van der Waals surface area contributed by atoms with Gasteiger partial charge in [0.25, 0.3) is 0 Å². The molecule has 1 unspecified atom stereocenters. The van der Waals surface area contributed by atoms with Gasteiger partial charge in [-0.3, -0.25) is 15.0 Å². The number of nitrogens with zero attached hydrogens (tertiary/aromatic N) is 5. The van der Waals surface area contributed by atoms with Crippen molar-refractivity contribution < 1.29 is 14.0 Å². The maximum atomic E-state index is 13.2. The molecular weight excluding hydrogens is 445 g/mol. The summed E-state index contributed by atoms with van der Waals surface area (Å²) in [5.41, 5.74) is 1.18. The number of nitrogens with one attached hydrogen (secondary N) is 2. The summed E-state index contributed by atoms with van der Waals surface area (Å²) in [6, 6.07) is 5.34. The van der Waals surface area contributed by atoms with Crippen molar-refractivity contribution >= 4 is 33.4 Å². The van der Waals surface area contributed by atoms with E-state index in [1.807, 2.05) is 33.9 Å². The quantitative estimate of drug-likeness (QED) is 0.605. The molecule has 4 rings (SSSR count). The van der Waals surface area contributed by atoms with Crippen LogP contribution in [0.25, 0.3) is 16.2 Å². The number of fused-ring (bicyclic) bond motifs is 1. The lowest BCUT2D eigenvalue weighted by atomic mass is 10.1. The van der Waals surface area contributed by atoms with E-state index < -0.39 is 17.6 Å². The lowest BCUT2D eigenvalue weighted by molar-refractivity contribution is -0.124. The number of aromatic nitrogens is 3. The fourth-order valence-corrected chi connectivity index (χ4v) is 4.57. The minimum Gasteiger partial charge on any atom is -0.344 e. The third-order valence-corrected chi connectivity index (χ3v) is 6.39. The highest BCUT2D eigenvalue weighted by Crippen LogP contribution is 2.27. The van der Waals surface area contributed by atoms with Crippen molar-refractivity contribution in [1.82, 2.24) is 30.1 Å². The summed E-state index contributed by atoms with van der Waals surface area (Å²) >= 11 is 1.49. The minimum absolute atomic E-state index is 0.278. The van der Waals surface area contributed by atoms with Crippen LogP contribution in [0.15, 0.2) is 30.5 Å². The minimum atomic E-state index is -0.482. The summed E-state index contributed by atoms with van der Waals surface area (Å²) in [6.45, 7) is 10.2. The Morgan fingerprint density at radius 2 is 1.79 bits per heavy atom. The number of anilines is 1. The SMILES string of the molecule is CC(C(=O)NC(=O)NC(C)(C)C)N1CCN(c2nn3cc(-c4ccc(F)cc4)nc3s2)CC1. The summed E-state index contributed by atoms with van der Waals surface area (Å²) in [6.07, 6.45) is 1.84. The first-order valence-electron chi connectivity index (χ1n) is 10.8. The number of benzene rings is 1. The number of rotatable bonds is 4. The zero-order valence-electron chi connectivity index (χ0n) is 19.1. The molecule has 176 valence electrons. The first-order valence-corrected chi connectivity index (χ1v) is 11.6. The Morgan fingerprint density at radius 1 is 1.12 bits per heavy atom. The van der Waals surface area contributed by atoms with Crippen LogP contribution in [0.5, 0.6) is 0 Å². The van der Waals surface area contributed by atoms with Crippen LogP contribution in [0.1, 0.15) is 27.7 Å². The molecule has 1 fully saturated rings. The third kappa shape index (κ3) is 5.48. The molecule has 2 N–H and O–H groups in total. The number of urea groups is 1. The van der Waals surface area contributed by atoms with E-state index in [4.69, 9.17) is 0 Å². The Hall–Kier alpha value is -3.05. The number of hydrogen-bond donors (Lipinski definition) is 2. The van der Waals surface area contributed by atoms with Crippen molar-refractivity contribution in [2.75, 3.05) is 31.1 Å². The fourth-order valence-electron chi connectivity index (χ4n) is 3.63. The van der Waals surface area contributed by atoms with Gasteiger partial charge in [-0.25, -0.2) is 18.7 Å². The van der Waals surface area contributed by atoms with Crippen molar-refractivity contribution in [3.63, 3.8) is 0 Å². The summed E-state index contributed by atoms with van der Waals surface area (Å²) in [7, 11) is 0. The maximum absolute atomic E-state index is 13.2. The monoisotopic (exact) mass is 473 g/mol. The average molecular weight is 474 g/mol. The van der Waals surface area contributed by atoms with Gasteiger partial charge in [-0.15, -0.1) is 5.10 Å². The van der Waals surface area contributed by atoms with Gasteiger partial charge in [0, 0.05) is 37.3 Å². The van der Waals surface area contributed by atoms with Crippen LogP contribution in [0.4, 0.5) is 14.3 Å². The highest BCUT2D eigenvalue weighted by molar-refractivity contribution is 7.20. The van der Waals surface area contributed by atoms with Crippen LogP contribution in [-0.2, 0) is 4.79 Å². The molecule has 3 amide bonds. The number of carbonyl (C=O) groups excluding carboxylic acids is 2. The van der Waals surface area contributed by atoms with Gasteiger partial charge in [0.15, 0.2) is 0 Å². The molecule has 1 aliphatic heterocycles. The second kappa shape index (κ2) is 9.06. The third-order valence-electron chi connectivity index (χ3n) is 5.41. The first-order chi connectivity index (χ1) is 15.6. The molecule has 33 heavy (non-hydrogen) atoms. The standard InChI is InChI=1S/C22H28FN7O2S/c1-14(18(31)25-19(32)26-22(2,3)4)28-9-11-29(12-10-28)21-27-30-13-17(24-20(30)33-21)15-5-7-16(23)8-6-15/h5-8,13-14H,9-12H2,1-4H3,(H2,25,26,31,32). The van der Waals surface area contributed by atoms with Crippen LogP contribution in [0.3, 0.4) is 0 Å². The second-order valence-electron chi connectivity index (χ2n) is 9.14. The molecular formula is C22H28FN7O2S. The predicted molar refractivity (Wildman–Crippen MR) is 126 cm³/mol. The van der Waals surface area contributed by atoms with E-state index in [0.29, 0.717) is 26.2 Å². The van der Waals surface area contributed by atoms with E-state index in [-0.39, 0.29) is 11.7 Å². The number of carbonyl (C=O) groups is 2. The topological polar surface area (TPSA) is 94.9 Å². The van der Waals surface area contributed by atoms with Crippen molar-refractivity contribution in [3.8, 4) is 11.3 Å². The van der Waals surface area contributed by atoms with Crippen LogP contribution < -0.4 is 15.5 Å². The smallest absolute Gasteiger partial charge is 0.321 e. The predicted octanol–water partition coefficient (Wildman–Crippen LogP) is 2.73. The van der Waals surface area contributed by atoms with Gasteiger partial charge >= 0.3 is 6.03 Å². The van der Waals surface area contributed by atoms with Gasteiger partial charge in [0.2, 0.25) is 16.0 Å². The zero-order valence-corrected chi connectivity index (χ0v) is 19.9. The highest BCUT2D eigenvalue weighted by atomic mass is 32.1. The Morgan fingerprint density at radius 3 is 2.39 bits per heavy atom. The molecule has 2 aromatic heterocycles. The van der Waals surface area contributed by atoms with Crippen LogP contribution in [0.2, 0.25) is 0 Å². The van der Waals surface area contributed by atoms with Crippen molar-refractivity contribution in [2.24, 2.45) is 0 Å². The lowest BCUT2D eigenvalue weighted by Gasteiger charge is -2.37. The van der Waals surface area contributed by atoms with E-state index in [9.17, 15) is 14.0 Å². The molecule has 3 heterocycles. The van der Waals surface area contributed by atoms with E-state index >= 15 is 0 Å². The highest BCUT2D eigenvalue weighted by Gasteiger charge is 2.28. The van der Waals surface area contributed by atoms with Gasteiger partial charge in [-0.1, -0.05) is 11.3 Å². The average Bonchev–Trinajstić information content (AvgIpc) is 3.32. The van der Waals surface area contributed by atoms with E-state index in [1.165, 1.54) is 23.5 Å². The number of halogens is 1. The number of amides is 3. The molecule has 0 spiro atoms. The van der Waals surface area contributed by atoms with Gasteiger partial charge in [0.05, 0.1) is 17.9 Å². The van der Waals surface area contributed by atoms with Crippen molar-refractivity contribution in [2.45, 2.75) is 39.3 Å². The Balaban J connectivity index is 1.33. The number of hydrogen-bond acceptors (Lipinski definition) is 7. The second-order valence-corrected chi connectivity index (χ2v) is 10.1. The molecule has 1 aromatic carbocycles. The molecule has 0 bridgehead atoms. The lowest BCUT2D eigenvalue weighted by Crippen LogP contribution is -2.56. The molecule has 1 aliphatic rings. The van der Waals surface area contributed by atoms with Crippen molar-refractivity contribution in [3.05, 3.63) is 36.3 Å². The largest absolute Gasteiger partial charge is 0.344 e. The van der Waals surface area contributed by atoms with E-state index in [2.05, 4.69) is 30.5 Å². The van der Waals surface area contributed by atoms with Crippen LogP contribution in [-0.4, -0.2) is 69.2 Å². The summed E-state index contributed by atoms with van der Waals surface area (Å²) < 4.78 is 14.9. The molecule has 9 nitrogen and oxygen atoms in total. The molecule has 1 atom stereocenters. The molecule has 1 saturated heterocycles. The molecule has 0 aliphatic carbocycles. The number of imide groups is 1. The Labute approximate surface area is 195 Å². The summed E-state index contributed by atoms with van der Waals surface area (Å²) in [4.78, 5) is 34.1. The van der Waals surface area contributed by atoms with Gasteiger partial charge in [0.1, 0.15) is 5.82 Å². The molecule has 3 aromatic rings. The Kier molecular flexibility index (Phi) is 6.35. The summed E-state index contributed by atoms with van der Waals surface area (Å²) in [5, 5.41) is 10.7.